The van der Waals surface area contributed by atoms with Crippen LogP contribution in [0.3, 0.4) is 0 Å². The van der Waals surface area contributed by atoms with E-state index in [1.54, 1.807) is 0 Å². The summed E-state index contributed by atoms with van der Waals surface area (Å²) in [6.45, 7) is 2.57. The summed E-state index contributed by atoms with van der Waals surface area (Å²) in [5.41, 5.74) is 1.25. The standard InChI is InChI=1S/C31H24F2NP.2C5H5.2Fe/c32-25-11-15-27(16-12-25)35(28-17-13-26(33)14-18-28)31-10-2-1-5-24(31)21-34-19-22-6-3-8-29(22)30-9-4-7-23(30)20-34;2*1-2-4-5-3-1;;/h1-18H,19-21H2;2*1-5H;;/q;;;2*+2. The Bertz CT molecular complexity index is 1220. The summed E-state index contributed by atoms with van der Waals surface area (Å²) in [6, 6.07) is 22.0. The van der Waals surface area contributed by atoms with E-state index in [1.807, 2.05) is 88.5 Å². The van der Waals surface area contributed by atoms with E-state index in [0.29, 0.717) is 0 Å². The molecule has 1 aliphatic heterocycles. The number of rotatable bonds is 5. The van der Waals surface area contributed by atoms with Gasteiger partial charge in [-0.3, -0.25) is 4.90 Å². The van der Waals surface area contributed by atoms with Gasteiger partial charge in [0.05, 0.1) is 0 Å². The van der Waals surface area contributed by atoms with E-state index in [1.165, 1.54) is 58.8 Å². The Morgan fingerprint density at radius 2 is 0.894 bits per heavy atom. The fraction of sp³-hybridized carbons (Fsp3) is 0.0732. The van der Waals surface area contributed by atoms with Crippen LogP contribution in [0.25, 0.3) is 0 Å². The molecule has 5 fully saturated rings. The van der Waals surface area contributed by atoms with Crippen LogP contribution in [0.5, 0.6) is 0 Å². The van der Waals surface area contributed by atoms with E-state index in [9.17, 15) is 8.78 Å². The van der Waals surface area contributed by atoms with Gasteiger partial charge in [0, 0.05) is 31.5 Å². The molecule has 0 spiro atoms. The molecule has 0 unspecified atom stereocenters. The number of hydrogen-bond donors (Lipinski definition) is 0. The van der Waals surface area contributed by atoms with E-state index in [-0.39, 0.29) is 45.8 Å². The molecule has 0 bridgehead atoms. The van der Waals surface area contributed by atoms with Crippen LogP contribution in [-0.4, -0.2) is 18.0 Å². The summed E-state index contributed by atoms with van der Waals surface area (Å²) in [4.78, 5) is 2.49. The molecular weight excluding hydrogens is 687 g/mol. The molecule has 4 saturated carbocycles. The van der Waals surface area contributed by atoms with E-state index in [2.05, 4.69) is 67.7 Å². The number of nitrogens with zero attached hydrogens (tertiary/aromatic N) is 1. The number of likely N-dealkylation sites (tertiary alicyclic amines) is 1. The molecule has 6 heteroatoms. The molecule has 234 valence electrons. The first-order valence-corrected chi connectivity index (χ1v) is 16.4. The van der Waals surface area contributed by atoms with Crippen LogP contribution in [0.2, 0.25) is 0 Å². The molecule has 1 heterocycles. The van der Waals surface area contributed by atoms with Gasteiger partial charge in [-0.2, -0.15) is 0 Å². The van der Waals surface area contributed by atoms with Gasteiger partial charge < -0.3 is 0 Å². The van der Waals surface area contributed by atoms with Crippen molar-refractivity contribution in [2.75, 3.05) is 13.1 Å². The predicted molar refractivity (Wildman–Crippen MR) is 182 cm³/mol. The van der Waals surface area contributed by atoms with Crippen molar-refractivity contribution in [2.24, 2.45) is 0 Å². The van der Waals surface area contributed by atoms with Gasteiger partial charge in [0.2, 0.25) is 0 Å². The summed E-state index contributed by atoms with van der Waals surface area (Å²) in [7, 11) is -0.972. The smallest absolute Gasteiger partial charge is 0.298 e. The van der Waals surface area contributed by atoms with Gasteiger partial charge in [-0.15, -0.1) is 0 Å². The van der Waals surface area contributed by atoms with Crippen molar-refractivity contribution < 1.29 is 42.9 Å². The minimum absolute atomic E-state index is 0. The monoisotopic (exact) mass is 721 g/mol. The first-order valence-electron chi connectivity index (χ1n) is 15.1. The maximum atomic E-state index is 13.8. The van der Waals surface area contributed by atoms with Crippen molar-refractivity contribution in [1.29, 1.82) is 0 Å². The molecule has 1 nitrogen and oxygen atoms in total. The van der Waals surface area contributed by atoms with Crippen LogP contribution in [0.15, 0.2) is 72.8 Å². The maximum Gasteiger partial charge on any atom is 2.00 e. The van der Waals surface area contributed by atoms with Crippen LogP contribution in [-0.2, 0) is 40.7 Å². The Balaban J connectivity index is 0.000000357. The SMILES string of the molecule is Fc1ccc(P(c2ccc(F)cc2)c2ccccc2CN2C[C]3[CH][CH][CH][C]3[C]3[CH][CH][CH][C]3C2)cc1.[CH]1[CH][CH][CH][CH]1.[CH]1[CH][CH][CH][CH]1.[Fe+2].[Fe+2]. The summed E-state index contributed by atoms with van der Waals surface area (Å²) < 4.78 is 27.5. The third-order valence-electron chi connectivity index (χ3n) is 7.80. The molecule has 0 aromatic heterocycles. The largest absolute Gasteiger partial charge is 2.00 e. The molecule has 20 radical (unpaired) electrons. The van der Waals surface area contributed by atoms with Gasteiger partial charge in [-0.05, 0) is 168 Å². The van der Waals surface area contributed by atoms with Gasteiger partial charge in [0.1, 0.15) is 11.6 Å². The van der Waals surface area contributed by atoms with Gasteiger partial charge >= 0.3 is 34.1 Å². The molecule has 0 atom stereocenters. The Kier molecular flexibility index (Phi) is 16.5. The zero-order chi connectivity index (χ0) is 30.8. The third kappa shape index (κ3) is 10.7. The molecule has 0 N–H and O–H groups in total. The topological polar surface area (TPSA) is 3.24 Å². The summed E-state index contributed by atoms with van der Waals surface area (Å²) in [6.07, 6.45) is 33.2. The van der Waals surface area contributed by atoms with E-state index in [4.69, 9.17) is 0 Å². The Morgan fingerprint density at radius 1 is 0.489 bits per heavy atom. The Hall–Kier alpha value is -1.05. The van der Waals surface area contributed by atoms with E-state index < -0.39 is 7.92 Å². The fourth-order valence-electron chi connectivity index (χ4n) is 5.72. The number of halogens is 2. The van der Waals surface area contributed by atoms with Crippen molar-refractivity contribution in [2.45, 2.75) is 6.54 Å². The van der Waals surface area contributed by atoms with Crippen molar-refractivity contribution in [1.82, 2.24) is 4.90 Å². The summed E-state index contributed by atoms with van der Waals surface area (Å²) in [5.74, 6) is 4.87. The first-order chi connectivity index (χ1) is 22.2. The molecule has 3 aromatic rings. The Morgan fingerprint density at radius 3 is 1.32 bits per heavy atom. The second-order valence-electron chi connectivity index (χ2n) is 10.9. The van der Waals surface area contributed by atoms with Crippen LogP contribution in [0.1, 0.15) is 5.56 Å². The minimum atomic E-state index is -0.972. The predicted octanol–water partition coefficient (Wildman–Crippen LogP) is 7.13. The van der Waals surface area contributed by atoms with Crippen molar-refractivity contribution in [3.63, 3.8) is 0 Å². The van der Waals surface area contributed by atoms with Crippen molar-refractivity contribution >= 4 is 23.8 Å². The van der Waals surface area contributed by atoms with Crippen LogP contribution < -0.4 is 15.9 Å². The molecular formula is C41H34F2Fe2NP+4. The van der Waals surface area contributed by atoms with E-state index in [0.717, 1.165) is 30.2 Å². The normalized spacial score (nSPS) is 20.2. The van der Waals surface area contributed by atoms with Crippen LogP contribution >= 0.6 is 7.92 Å². The zero-order valence-electron chi connectivity index (χ0n) is 25.6. The maximum absolute atomic E-state index is 13.8. The van der Waals surface area contributed by atoms with Gasteiger partial charge in [0.25, 0.3) is 0 Å². The van der Waals surface area contributed by atoms with Gasteiger partial charge in [-0.25, -0.2) is 8.78 Å². The Labute approximate surface area is 306 Å². The fourth-order valence-corrected chi connectivity index (χ4v) is 8.13. The molecule has 5 aliphatic rings. The second-order valence-corrected chi connectivity index (χ2v) is 13.1. The molecule has 47 heavy (non-hydrogen) atoms. The molecule has 4 aliphatic carbocycles. The van der Waals surface area contributed by atoms with Crippen molar-refractivity contribution in [3.05, 3.63) is 216 Å². The molecule has 3 aromatic carbocycles. The first kappa shape index (κ1) is 38.7. The third-order valence-corrected chi connectivity index (χ3v) is 10.3. The van der Waals surface area contributed by atoms with Gasteiger partial charge in [-0.1, -0.05) is 48.5 Å². The quantitative estimate of drug-likeness (QED) is 0.201. The minimum Gasteiger partial charge on any atom is -0.298 e. The van der Waals surface area contributed by atoms with Crippen LogP contribution in [0.4, 0.5) is 8.78 Å². The second kappa shape index (κ2) is 20.0. The summed E-state index contributed by atoms with van der Waals surface area (Å²) >= 11 is 0. The zero-order valence-corrected chi connectivity index (χ0v) is 28.7. The van der Waals surface area contributed by atoms with Crippen molar-refractivity contribution in [3.8, 4) is 0 Å². The van der Waals surface area contributed by atoms with E-state index >= 15 is 0 Å². The number of fused-ring (bicyclic) bond motifs is 3. The average Bonchev–Trinajstić information content (AvgIpc) is 3.90. The average molecular weight is 721 g/mol. The molecule has 0 amide bonds. The van der Waals surface area contributed by atoms with Gasteiger partial charge in [0.15, 0.2) is 0 Å². The van der Waals surface area contributed by atoms with Crippen LogP contribution in [0, 0.1) is 138 Å². The molecule has 1 saturated heterocycles. The number of hydrogen-bond acceptors (Lipinski definition) is 1. The summed E-state index contributed by atoms with van der Waals surface area (Å²) in [5, 5.41) is 3.32. The number of benzene rings is 3. The molecule has 8 rings (SSSR count).